The van der Waals surface area contributed by atoms with Crippen molar-refractivity contribution in [2.24, 2.45) is 0 Å². The molecule has 1 aliphatic carbocycles. The smallest absolute Gasteiger partial charge is 0.0681 e. The molecular formula is C21H26O2. The first kappa shape index (κ1) is 16.2. The minimum Gasteiger partial charge on any atom is -0.383 e. The van der Waals surface area contributed by atoms with E-state index in [0.29, 0.717) is 13.2 Å². The molecule has 2 aromatic rings. The summed E-state index contributed by atoms with van der Waals surface area (Å²) in [6, 6.07) is 15.4. The maximum atomic E-state index is 5.64. The number of ether oxygens (including phenoxy) is 2. The summed E-state index contributed by atoms with van der Waals surface area (Å²) in [7, 11) is 3.54. The van der Waals surface area contributed by atoms with E-state index >= 15 is 0 Å². The Hall–Kier alpha value is -1.64. The van der Waals surface area contributed by atoms with Gasteiger partial charge in [-0.05, 0) is 33.2 Å². The molecule has 0 aliphatic heterocycles. The third-order valence-electron chi connectivity index (χ3n) is 4.88. The fourth-order valence-corrected chi connectivity index (χ4v) is 3.98. The van der Waals surface area contributed by atoms with Crippen LogP contribution >= 0.6 is 0 Å². The molecule has 23 heavy (non-hydrogen) atoms. The summed E-state index contributed by atoms with van der Waals surface area (Å²) in [6.07, 6.45) is 0. The van der Waals surface area contributed by atoms with Crippen LogP contribution in [0.4, 0.5) is 0 Å². The normalized spacial score (nSPS) is 15.3. The van der Waals surface area contributed by atoms with Crippen LogP contribution in [0.1, 0.15) is 37.5 Å². The van der Waals surface area contributed by atoms with Gasteiger partial charge in [-0.25, -0.2) is 0 Å². The Bertz CT molecular complexity index is 704. The van der Waals surface area contributed by atoms with Crippen molar-refractivity contribution in [2.45, 2.75) is 31.6 Å². The minimum atomic E-state index is -0.226. The van der Waals surface area contributed by atoms with Gasteiger partial charge in [-0.15, -0.1) is 0 Å². The summed E-state index contributed by atoms with van der Waals surface area (Å²) in [6.45, 7) is 8.07. The molecule has 0 fully saturated rings. The summed E-state index contributed by atoms with van der Waals surface area (Å²) < 4.78 is 11.3. The fourth-order valence-electron chi connectivity index (χ4n) is 3.98. The van der Waals surface area contributed by atoms with Crippen LogP contribution in [0.2, 0.25) is 0 Å². The molecule has 1 aliphatic rings. The number of hydrogen-bond donors (Lipinski definition) is 0. The lowest BCUT2D eigenvalue weighted by molar-refractivity contribution is 0.0814. The Labute approximate surface area is 139 Å². The zero-order valence-corrected chi connectivity index (χ0v) is 14.8. The lowest BCUT2D eigenvalue weighted by atomic mass is 9.77. The van der Waals surface area contributed by atoms with Crippen LogP contribution in [0.3, 0.4) is 0 Å². The maximum absolute atomic E-state index is 5.64. The number of rotatable bonds is 4. The molecule has 122 valence electrons. The van der Waals surface area contributed by atoms with Gasteiger partial charge in [0.05, 0.1) is 18.6 Å². The van der Waals surface area contributed by atoms with Crippen molar-refractivity contribution in [2.75, 3.05) is 27.4 Å². The summed E-state index contributed by atoms with van der Waals surface area (Å²) in [5.41, 5.74) is 6.58. The monoisotopic (exact) mass is 310 g/mol. The SMILES string of the molecule is COCC1(COC)c2ccccc2-c2c(C(C)(C)C)cccc21. The second kappa shape index (κ2) is 5.77. The van der Waals surface area contributed by atoms with Crippen molar-refractivity contribution in [3.8, 4) is 11.1 Å². The molecule has 0 aromatic heterocycles. The lowest BCUT2D eigenvalue weighted by Crippen LogP contribution is -2.36. The molecule has 0 N–H and O–H groups in total. The van der Waals surface area contributed by atoms with Crippen molar-refractivity contribution >= 4 is 0 Å². The standard InChI is InChI=1S/C21H26O2/c1-20(2,3)17-11-8-12-18-19(17)15-9-6-7-10-16(15)21(18,13-22-4)14-23-5/h6-12H,13-14H2,1-5H3. The number of hydrogen-bond acceptors (Lipinski definition) is 2. The zero-order chi connectivity index (χ0) is 16.7. The molecular weight excluding hydrogens is 284 g/mol. The highest BCUT2D eigenvalue weighted by Crippen LogP contribution is 2.52. The molecule has 2 heteroatoms. The van der Waals surface area contributed by atoms with Crippen molar-refractivity contribution in [1.29, 1.82) is 0 Å². The largest absolute Gasteiger partial charge is 0.383 e. The summed E-state index contributed by atoms with van der Waals surface area (Å²) in [5, 5.41) is 0. The van der Waals surface area contributed by atoms with Crippen LogP contribution in [-0.2, 0) is 20.3 Å². The highest BCUT2D eigenvalue weighted by molar-refractivity contribution is 5.84. The van der Waals surface area contributed by atoms with Gasteiger partial charge in [-0.1, -0.05) is 63.2 Å². The van der Waals surface area contributed by atoms with Crippen LogP contribution < -0.4 is 0 Å². The molecule has 0 unspecified atom stereocenters. The van der Waals surface area contributed by atoms with Gasteiger partial charge in [0.1, 0.15) is 0 Å². The first-order valence-electron chi connectivity index (χ1n) is 8.17. The predicted molar refractivity (Wildman–Crippen MR) is 95.1 cm³/mol. The van der Waals surface area contributed by atoms with Crippen LogP contribution in [0.25, 0.3) is 11.1 Å². The van der Waals surface area contributed by atoms with Crippen LogP contribution in [0.5, 0.6) is 0 Å². The van der Waals surface area contributed by atoms with Crippen molar-refractivity contribution < 1.29 is 9.47 Å². The number of methoxy groups -OCH3 is 2. The first-order chi connectivity index (χ1) is 11.0. The van der Waals surface area contributed by atoms with Crippen LogP contribution in [0.15, 0.2) is 42.5 Å². The molecule has 0 amide bonds. The highest BCUT2D eigenvalue weighted by Gasteiger charge is 2.45. The van der Waals surface area contributed by atoms with E-state index in [9.17, 15) is 0 Å². The molecule has 2 aromatic carbocycles. The number of fused-ring (bicyclic) bond motifs is 3. The van der Waals surface area contributed by atoms with Gasteiger partial charge >= 0.3 is 0 Å². The summed E-state index contributed by atoms with van der Waals surface area (Å²) in [5.74, 6) is 0. The summed E-state index contributed by atoms with van der Waals surface area (Å²) in [4.78, 5) is 0. The van der Waals surface area contributed by atoms with Crippen molar-refractivity contribution in [1.82, 2.24) is 0 Å². The average molecular weight is 310 g/mol. The average Bonchev–Trinajstić information content (AvgIpc) is 2.79. The fraction of sp³-hybridized carbons (Fsp3) is 0.429. The molecule has 3 rings (SSSR count). The van der Waals surface area contributed by atoms with Crippen LogP contribution in [0, 0.1) is 0 Å². The maximum Gasteiger partial charge on any atom is 0.0681 e. The van der Waals surface area contributed by atoms with Crippen molar-refractivity contribution in [3.05, 3.63) is 59.2 Å². The Morgan fingerprint density at radius 3 is 2.04 bits per heavy atom. The van der Waals surface area contributed by atoms with Crippen LogP contribution in [-0.4, -0.2) is 27.4 Å². The topological polar surface area (TPSA) is 18.5 Å². The Kier molecular flexibility index (Phi) is 4.07. The molecule has 0 saturated carbocycles. The van der Waals surface area contributed by atoms with E-state index in [-0.39, 0.29) is 10.8 Å². The van der Waals surface area contributed by atoms with Gasteiger partial charge in [-0.3, -0.25) is 0 Å². The van der Waals surface area contributed by atoms with E-state index < -0.39 is 0 Å². The minimum absolute atomic E-state index is 0.0919. The zero-order valence-electron chi connectivity index (χ0n) is 14.8. The third-order valence-corrected chi connectivity index (χ3v) is 4.88. The van der Waals surface area contributed by atoms with Gasteiger partial charge in [0.15, 0.2) is 0 Å². The molecule has 0 atom stereocenters. The molecule has 0 spiro atoms. The van der Waals surface area contributed by atoms with E-state index in [2.05, 4.69) is 63.2 Å². The third kappa shape index (κ3) is 2.41. The van der Waals surface area contributed by atoms with E-state index in [4.69, 9.17) is 9.47 Å². The van der Waals surface area contributed by atoms with E-state index in [1.807, 2.05) is 0 Å². The van der Waals surface area contributed by atoms with E-state index in [1.54, 1.807) is 14.2 Å². The quantitative estimate of drug-likeness (QED) is 0.825. The molecule has 0 bridgehead atoms. The van der Waals surface area contributed by atoms with Gasteiger partial charge in [0, 0.05) is 14.2 Å². The van der Waals surface area contributed by atoms with Gasteiger partial charge in [0.25, 0.3) is 0 Å². The molecule has 0 saturated heterocycles. The Balaban J connectivity index is 2.37. The van der Waals surface area contributed by atoms with Crippen molar-refractivity contribution in [3.63, 3.8) is 0 Å². The van der Waals surface area contributed by atoms with E-state index in [1.165, 1.54) is 27.8 Å². The Morgan fingerprint density at radius 1 is 0.826 bits per heavy atom. The molecule has 0 radical (unpaired) electrons. The summed E-state index contributed by atoms with van der Waals surface area (Å²) >= 11 is 0. The second-order valence-electron chi connectivity index (χ2n) is 7.47. The predicted octanol–water partition coefficient (Wildman–Crippen LogP) is 4.54. The Morgan fingerprint density at radius 2 is 1.43 bits per heavy atom. The second-order valence-corrected chi connectivity index (χ2v) is 7.47. The van der Waals surface area contributed by atoms with Gasteiger partial charge < -0.3 is 9.47 Å². The highest BCUT2D eigenvalue weighted by atomic mass is 16.5. The lowest BCUT2D eigenvalue weighted by Gasteiger charge is -2.31. The molecule has 0 heterocycles. The molecule has 2 nitrogen and oxygen atoms in total. The van der Waals surface area contributed by atoms with E-state index in [0.717, 1.165) is 0 Å². The van der Waals surface area contributed by atoms with Gasteiger partial charge in [-0.2, -0.15) is 0 Å². The first-order valence-corrected chi connectivity index (χ1v) is 8.17. The van der Waals surface area contributed by atoms with Gasteiger partial charge in [0.2, 0.25) is 0 Å². The number of benzene rings is 2.